The summed E-state index contributed by atoms with van der Waals surface area (Å²) < 4.78 is 5.12. The molecule has 1 aliphatic rings. The second-order valence-corrected chi connectivity index (χ2v) is 5.35. The lowest BCUT2D eigenvalue weighted by Crippen LogP contribution is -2.43. The van der Waals surface area contributed by atoms with Crippen molar-refractivity contribution in [1.29, 1.82) is 0 Å². The monoisotopic (exact) mass is 227 g/mol. The second-order valence-electron chi connectivity index (χ2n) is 5.35. The van der Waals surface area contributed by atoms with E-state index in [0.717, 1.165) is 32.0 Å². The maximum absolute atomic E-state index is 11.5. The number of amides is 1. The molecule has 4 heteroatoms. The number of hydrogen-bond donors (Lipinski definition) is 1. The van der Waals surface area contributed by atoms with Crippen LogP contribution in [0, 0.1) is 5.92 Å². The Morgan fingerprint density at radius 2 is 1.94 bits per heavy atom. The minimum atomic E-state index is -0.521. The first kappa shape index (κ1) is 13.0. The molecule has 0 aromatic carbocycles. The normalized spacial score (nSPS) is 19.2. The number of alkyl carbamates (subject to hydrolysis) is 1. The molecular weight excluding hydrogens is 206 g/mol. The van der Waals surface area contributed by atoms with Crippen LogP contribution in [0.1, 0.15) is 46.5 Å². The molecule has 1 N–H and O–H groups in total. The fourth-order valence-electron chi connectivity index (χ4n) is 2.02. The first-order chi connectivity index (χ1) is 7.42. The second kappa shape index (κ2) is 5.32. The Kier molecular flexibility index (Phi) is 4.33. The molecule has 1 fully saturated rings. The lowest BCUT2D eigenvalue weighted by Gasteiger charge is -2.23. The Labute approximate surface area is 96.7 Å². The van der Waals surface area contributed by atoms with Crippen LogP contribution in [0.25, 0.3) is 0 Å². The van der Waals surface area contributed by atoms with Gasteiger partial charge in [-0.05, 0) is 39.5 Å². The van der Waals surface area contributed by atoms with Crippen LogP contribution in [0.3, 0.4) is 0 Å². The number of nitrogens with one attached hydrogen (secondary N) is 1. The smallest absolute Gasteiger partial charge is 0.408 e. The van der Waals surface area contributed by atoms with E-state index < -0.39 is 17.7 Å². The Hall–Kier alpha value is -1.06. The van der Waals surface area contributed by atoms with Crippen molar-refractivity contribution < 1.29 is 14.3 Å². The van der Waals surface area contributed by atoms with Gasteiger partial charge in [0, 0.05) is 0 Å². The van der Waals surface area contributed by atoms with E-state index in [1.165, 1.54) is 0 Å². The van der Waals surface area contributed by atoms with Crippen LogP contribution in [0.15, 0.2) is 0 Å². The maximum Gasteiger partial charge on any atom is 0.408 e. The van der Waals surface area contributed by atoms with Crippen molar-refractivity contribution in [2.45, 2.75) is 58.1 Å². The quantitative estimate of drug-likeness (QED) is 0.752. The van der Waals surface area contributed by atoms with Gasteiger partial charge in [-0.15, -0.1) is 0 Å². The summed E-state index contributed by atoms with van der Waals surface area (Å²) in [6, 6.07) is -0.391. The van der Waals surface area contributed by atoms with Gasteiger partial charge in [-0.25, -0.2) is 4.79 Å². The molecule has 0 unspecified atom stereocenters. The van der Waals surface area contributed by atoms with E-state index in [0.29, 0.717) is 0 Å². The molecule has 92 valence electrons. The summed E-state index contributed by atoms with van der Waals surface area (Å²) in [5, 5.41) is 2.64. The first-order valence-electron chi connectivity index (χ1n) is 5.87. The number of hydrogen-bond acceptors (Lipinski definition) is 3. The highest BCUT2D eigenvalue weighted by atomic mass is 16.6. The molecule has 0 heterocycles. The van der Waals surface area contributed by atoms with Crippen LogP contribution < -0.4 is 5.32 Å². The number of carbonyl (C=O) groups excluding carboxylic acids is 2. The third kappa shape index (κ3) is 4.21. The lowest BCUT2D eigenvalue weighted by atomic mass is 10.00. The lowest BCUT2D eigenvalue weighted by molar-refractivity contribution is -0.110. The highest BCUT2D eigenvalue weighted by Gasteiger charge is 2.27. The van der Waals surface area contributed by atoms with E-state index in [9.17, 15) is 9.59 Å². The van der Waals surface area contributed by atoms with E-state index in [2.05, 4.69) is 5.32 Å². The van der Waals surface area contributed by atoms with E-state index in [-0.39, 0.29) is 5.92 Å². The zero-order valence-corrected chi connectivity index (χ0v) is 10.3. The van der Waals surface area contributed by atoms with Gasteiger partial charge in [-0.3, -0.25) is 0 Å². The Balaban J connectivity index is 2.43. The van der Waals surface area contributed by atoms with Crippen LogP contribution in [0.4, 0.5) is 4.79 Å². The van der Waals surface area contributed by atoms with Crippen molar-refractivity contribution in [2.24, 2.45) is 5.92 Å². The van der Waals surface area contributed by atoms with E-state index in [1.54, 1.807) is 20.8 Å². The summed E-state index contributed by atoms with van der Waals surface area (Å²) >= 11 is 0. The van der Waals surface area contributed by atoms with Gasteiger partial charge in [-0.1, -0.05) is 12.8 Å². The molecule has 1 amide bonds. The number of carbonyl (C=O) groups is 2. The van der Waals surface area contributed by atoms with Crippen molar-refractivity contribution in [3.63, 3.8) is 0 Å². The van der Waals surface area contributed by atoms with Crippen molar-refractivity contribution in [2.75, 3.05) is 0 Å². The molecule has 1 aliphatic carbocycles. The summed E-state index contributed by atoms with van der Waals surface area (Å²) in [7, 11) is 0. The number of aldehydes is 1. The van der Waals surface area contributed by atoms with E-state index >= 15 is 0 Å². The highest BCUT2D eigenvalue weighted by molar-refractivity contribution is 5.73. The largest absolute Gasteiger partial charge is 0.444 e. The van der Waals surface area contributed by atoms with Crippen LogP contribution in [-0.2, 0) is 9.53 Å². The van der Waals surface area contributed by atoms with Crippen molar-refractivity contribution in [3.05, 3.63) is 0 Å². The van der Waals surface area contributed by atoms with Gasteiger partial charge in [0.2, 0.25) is 0 Å². The van der Waals surface area contributed by atoms with Crippen LogP contribution in [0.5, 0.6) is 0 Å². The van der Waals surface area contributed by atoms with Gasteiger partial charge in [0.15, 0.2) is 0 Å². The number of ether oxygens (including phenoxy) is 1. The van der Waals surface area contributed by atoms with Crippen LogP contribution >= 0.6 is 0 Å². The maximum atomic E-state index is 11.5. The molecule has 0 saturated heterocycles. The fourth-order valence-corrected chi connectivity index (χ4v) is 2.02. The van der Waals surface area contributed by atoms with Crippen molar-refractivity contribution in [1.82, 2.24) is 5.32 Å². The zero-order valence-electron chi connectivity index (χ0n) is 10.3. The Bertz CT molecular complexity index is 251. The predicted octanol–water partition coefficient (Wildman–Crippen LogP) is 2.27. The van der Waals surface area contributed by atoms with Gasteiger partial charge >= 0.3 is 6.09 Å². The van der Waals surface area contributed by atoms with Gasteiger partial charge in [0.1, 0.15) is 11.9 Å². The van der Waals surface area contributed by atoms with Gasteiger partial charge < -0.3 is 14.8 Å². The zero-order chi connectivity index (χ0) is 12.2. The predicted molar refractivity (Wildman–Crippen MR) is 61.2 cm³/mol. The highest BCUT2D eigenvalue weighted by Crippen LogP contribution is 2.27. The average molecular weight is 227 g/mol. The van der Waals surface area contributed by atoms with Crippen molar-refractivity contribution in [3.8, 4) is 0 Å². The molecule has 4 nitrogen and oxygen atoms in total. The standard InChI is InChI=1S/C12H21NO3/c1-12(2,3)16-11(15)13-10(8-14)9-6-4-5-7-9/h8-10H,4-7H2,1-3H3,(H,13,15)/t10-/m1/s1. The average Bonchev–Trinajstić information content (AvgIpc) is 2.63. The SMILES string of the molecule is CC(C)(C)OC(=O)N[C@H](C=O)C1CCCC1. The third-order valence-electron chi connectivity index (χ3n) is 2.74. The Morgan fingerprint density at radius 3 is 2.38 bits per heavy atom. The Morgan fingerprint density at radius 1 is 1.38 bits per heavy atom. The van der Waals surface area contributed by atoms with Crippen LogP contribution in [-0.4, -0.2) is 24.0 Å². The number of rotatable bonds is 3. The molecule has 0 spiro atoms. The molecule has 0 bridgehead atoms. The first-order valence-corrected chi connectivity index (χ1v) is 5.87. The molecule has 1 saturated carbocycles. The summed E-state index contributed by atoms with van der Waals surface area (Å²) in [5.41, 5.74) is -0.521. The van der Waals surface area contributed by atoms with Gasteiger partial charge in [0.05, 0.1) is 6.04 Å². The molecular formula is C12H21NO3. The van der Waals surface area contributed by atoms with E-state index in [4.69, 9.17) is 4.74 Å². The molecule has 0 aromatic heterocycles. The van der Waals surface area contributed by atoms with Gasteiger partial charge in [-0.2, -0.15) is 0 Å². The molecule has 16 heavy (non-hydrogen) atoms. The van der Waals surface area contributed by atoms with E-state index in [1.807, 2.05) is 0 Å². The minimum Gasteiger partial charge on any atom is -0.444 e. The summed E-state index contributed by atoms with van der Waals surface area (Å²) in [6.07, 6.45) is 4.63. The summed E-state index contributed by atoms with van der Waals surface area (Å²) in [4.78, 5) is 22.4. The molecule has 0 radical (unpaired) electrons. The van der Waals surface area contributed by atoms with Gasteiger partial charge in [0.25, 0.3) is 0 Å². The molecule has 1 atom stereocenters. The molecule has 0 aliphatic heterocycles. The molecule has 1 rings (SSSR count). The summed E-state index contributed by atoms with van der Waals surface area (Å²) in [5.74, 6) is 0.282. The fraction of sp³-hybridized carbons (Fsp3) is 0.833. The molecule has 0 aromatic rings. The topological polar surface area (TPSA) is 55.4 Å². The minimum absolute atomic E-state index is 0.282. The third-order valence-corrected chi connectivity index (χ3v) is 2.74. The van der Waals surface area contributed by atoms with Crippen LogP contribution in [0.2, 0.25) is 0 Å². The summed E-state index contributed by atoms with van der Waals surface area (Å²) in [6.45, 7) is 5.41. The van der Waals surface area contributed by atoms with Crippen molar-refractivity contribution >= 4 is 12.4 Å².